The molecule has 1 aliphatic carbocycles. The van der Waals surface area contributed by atoms with Gasteiger partial charge in [-0.1, -0.05) is 13.3 Å². The summed E-state index contributed by atoms with van der Waals surface area (Å²) >= 11 is 5.37. The van der Waals surface area contributed by atoms with Crippen LogP contribution in [0.1, 0.15) is 32.2 Å². The van der Waals surface area contributed by atoms with E-state index in [1.54, 1.807) is 0 Å². The van der Waals surface area contributed by atoms with Crippen molar-refractivity contribution in [3.05, 3.63) is 28.8 Å². The zero-order chi connectivity index (χ0) is 12.0. The molecule has 1 N–H and O–H groups in total. The largest absolute Gasteiger partial charge is 0.330 e. The van der Waals surface area contributed by atoms with Gasteiger partial charge in [-0.15, -0.1) is 0 Å². The van der Waals surface area contributed by atoms with Crippen LogP contribution in [0.4, 0.5) is 4.39 Å². The lowest BCUT2D eigenvalue weighted by Gasteiger charge is -2.18. The Morgan fingerprint density at radius 1 is 1.41 bits per heavy atom. The molecule has 1 aliphatic rings. The molecule has 0 aliphatic heterocycles. The maximum Gasteiger partial charge on any atom is 0.178 e. The Hall–Kier alpha value is -1.16. The number of aromatic nitrogens is 2. The average molecular weight is 250 g/mol. The van der Waals surface area contributed by atoms with Crippen molar-refractivity contribution in [3.63, 3.8) is 0 Å². The Kier molecular flexibility index (Phi) is 2.54. The fourth-order valence-corrected chi connectivity index (χ4v) is 3.29. The van der Waals surface area contributed by atoms with Gasteiger partial charge < -0.3 is 9.55 Å². The standard InChI is InChI=1S/C13H15FN2S/c1-8-3-2-4-11(8)16-12-6-5-9(14)7-10(12)15-13(16)17/h5-8,11H,2-4H2,1H3,(H,15,17). The number of hydrogen-bond acceptors (Lipinski definition) is 1. The molecular formula is C13H15FN2S. The van der Waals surface area contributed by atoms with Crippen LogP contribution in [0.5, 0.6) is 0 Å². The molecular weight excluding hydrogens is 235 g/mol. The van der Waals surface area contributed by atoms with Gasteiger partial charge in [-0.25, -0.2) is 4.39 Å². The lowest BCUT2D eigenvalue weighted by atomic mass is 10.1. The second-order valence-electron chi connectivity index (χ2n) is 4.94. The van der Waals surface area contributed by atoms with Crippen molar-refractivity contribution in [1.29, 1.82) is 0 Å². The van der Waals surface area contributed by atoms with E-state index in [1.807, 2.05) is 6.07 Å². The highest BCUT2D eigenvalue weighted by Gasteiger charge is 2.26. The van der Waals surface area contributed by atoms with E-state index in [-0.39, 0.29) is 5.82 Å². The molecule has 0 saturated heterocycles. The van der Waals surface area contributed by atoms with Crippen LogP contribution < -0.4 is 0 Å². The van der Waals surface area contributed by atoms with Crippen LogP contribution in [-0.4, -0.2) is 9.55 Å². The van der Waals surface area contributed by atoms with E-state index in [4.69, 9.17) is 12.2 Å². The highest BCUT2D eigenvalue weighted by atomic mass is 32.1. The van der Waals surface area contributed by atoms with Crippen molar-refractivity contribution >= 4 is 23.3 Å². The lowest BCUT2D eigenvalue weighted by molar-refractivity contribution is 0.413. The molecule has 0 spiro atoms. The van der Waals surface area contributed by atoms with Crippen molar-refractivity contribution in [2.75, 3.05) is 0 Å². The fourth-order valence-electron chi connectivity index (χ4n) is 2.94. The van der Waals surface area contributed by atoms with Gasteiger partial charge in [0, 0.05) is 6.04 Å². The van der Waals surface area contributed by atoms with Crippen LogP contribution in [0.25, 0.3) is 11.0 Å². The maximum absolute atomic E-state index is 13.2. The third kappa shape index (κ3) is 1.71. The second-order valence-corrected chi connectivity index (χ2v) is 5.32. The van der Waals surface area contributed by atoms with Gasteiger partial charge >= 0.3 is 0 Å². The van der Waals surface area contributed by atoms with Crippen molar-refractivity contribution in [3.8, 4) is 0 Å². The van der Waals surface area contributed by atoms with Crippen molar-refractivity contribution in [2.24, 2.45) is 5.92 Å². The third-order valence-corrected chi connectivity index (χ3v) is 4.13. The number of nitrogens with zero attached hydrogens (tertiary/aromatic N) is 1. The number of H-pyrrole nitrogens is 1. The zero-order valence-electron chi connectivity index (χ0n) is 9.74. The van der Waals surface area contributed by atoms with Gasteiger partial charge in [-0.3, -0.25) is 0 Å². The number of benzene rings is 1. The van der Waals surface area contributed by atoms with E-state index in [9.17, 15) is 4.39 Å². The van der Waals surface area contributed by atoms with Crippen LogP contribution in [0.15, 0.2) is 18.2 Å². The van der Waals surface area contributed by atoms with E-state index < -0.39 is 0 Å². The molecule has 1 saturated carbocycles. The summed E-state index contributed by atoms with van der Waals surface area (Å²) in [5.74, 6) is 0.422. The normalized spacial score (nSPS) is 24.6. The summed E-state index contributed by atoms with van der Waals surface area (Å²) in [5.41, 5.74) is 1.82. The van der Waals surface area contributed by atoms with E-state index in [2.05, 4.69) is 16.5 Å². The molecule has 0 amide bonds. The minimum atomic E-state index is -0.222. The summed E-state index contributed by atoms with van der Waals surface area (Å²) in [7, 11) is 0. The molecule has 0 bridgehead atoms. The molecule has 2 aromatic rings. The number of nitrogens with one attached hydrogen (secondary N) is 1. The molecule has 3 rings (SSSR count). The highest BCUT2D eigenvalue weighted by molar-refractivity contribution is 7.71. The molecule has 4 heteroatoms. The van der Waals surface area contributed by atoms with Gasteiger partial charge in [0.05, 0.1) is 11.0 Å². The number of rotatable bonds is 1. The molecule has 0 radical (unpaired) electrons. The minimum Gasteiger partial charge on any atom is -0.330 e. The van der Waals surface area contributed by atoms with Crippen molar-refractivity contribution in [2.45, 2.75) is 32.2 Å². The second kappa shape index (κ2) is 3.95. The Bertz CT molecular complexity index is 613. The molecule has 2 nitrogen and oxygen atoms in total. The minimum absolute atomic E-state index is 0.222. The summed E-state index contributed by atoms with van der Waals surface area (Å²) in [6.07, 6.45) is 3.67. The molecule has 1 aromatic carbocycles. The van der Waals surface area contributed by atoms with E-state index in [0.717, 1.165) is 11.0 Å². The fraction of sp³-hybridized carbons (Fsp3) is 0.462. The number of halogens is 1. The molecule has 1 fully saturated rings. The monoisotopic (exact) mass is 250 g/mol. The third-order valence-electron chi connectivity index (χ3n) is 3.83. The highest BCUT2D eigenvalue weighted by Crippen LogP contribution is 2.37. The van der Waals surface area contributed by atoms with Gasteiger partial charge in [0.25, 0.3) is 0 Å². The smallest absolute Gasteiger partial charge is 0.178 e. The van der Waals surface area contributed by atoms with E-state index in [0.29, 0.717) is 16.7 Å². The van der Waals surface area contributed by atoms with Gasteiger partial charge in [-0.05, 0) is 49.2 Å². The van der Waals surface area contributed by atoms with Gasteiger partial charge in [0.1, 0.15) is 5.82 Å². The van der Waals surface area contributed by atoms with Crippen LogP contribution in [0.3, 0.4) is 0 Å². The summed E-state index contributed by atoms with van der Waals surface area (Å²) in [6.45, 7) is 2.27. The van der Waals surface area contributed by atoms with Crippen molar-refractivity contribution in [1.82, 2.24) is 9.55 Å². The Balaban J connectivity index is 2.22. The summed E-state index contributed by atoms with van der Waals surface area (Å²) in [5, 5.41) is 0. The van der Waals surface area contributed by atoms with Gasteiger partial charge in [-0.2, -0.15) is 0 Å². The van der Waals surface area contributed by atoms with Crippen molar-refractivity contribution < 1.29 is 4.39 Å². The van der Waals surface area contributed by atoms with E-state index >= 15 is 0 Å². The first-order valence-electron chi connectivity index (χ1n) is 6.06. The summed E-state index contributed by atoms with van der Waals surface area (Å²) < 4.78 is 16.0. The predicted molar refractivity (Wildman–Crippen MR) is 69.1 cm³/mol. The first kappa shape index (κ1) is 11.0. The first-order valence-corrected chi connectivity index (χ1v) is 6.47. The number of hydrogen-bond donors (Lipinski definition) is 1. The first-order chi connectivity index (χ1) is 8.16. The predicted octanol–water partition coefficient (Wildman–Crippen LogP) is 4.20. The van der Waals surface area contributed by atoms with Crippen LogP contribution in [-0.2, 0) is 0 Å². The molecule has 1 heterocycles. The molecule has 2 unspecified atom stereocenters. The summed E-state index contributed by atoms with van der Waals surface area (Å²) in [4.78, 5) is 3.10. The number of imidazole rings is 1. The molecule has 1 aromatic heterocycles. The molecule has 90 valence electrons. The van der Waals surface area contributed by atoms with E-state index in [1.165, 1.54) is 31.4 Å². The Morgan fingerprint density at radius 3 is 2.94 bits per heavy atom. The topological polar surface area (TPSA) is 20.7 Å². The van der Waals surface area contributed by atoms with Crippen LogP contribution in [0, 0.1) is 16.5 Å². The van der Waals surface area contributed by atoms with Crippen LogP contribution in [0.2, 0.25) is 0 Å². The Labute approximate surface area is 104 Å². The summed E-state index contributed by atoms with van der Waals surface area (Å²) in [6, 6.07) is 5.30. The van der Waals surface area contributed by atoms with Gasteiger partial charge in [0.15, 0.2) is 4.77 Å². The van der Waals surface area contributed by atoms with Crippen LogP contribution >= 0.6 is 12.2 Å². The number of aromatic amines is 1. The number of fused-ring (bicyclic) bond motifs is 1. The quantitative estimate of drug-likeness (QED) is 0.752. The molecule has 2 atom stereocenters. The Morgan fingerprint density at radius 2 is 2.24 bits per heavy atom. The average Bonchev–Trinajstić information content (AvgIpc) is 2.80. The zero-order valence-corrected chi connectivity index (χ0v) is 10.6. The lowest BCUT2D eigenvalue weighted by Crippen LogP contribution is -2.11. The van der Waals surface area contributed by atoms with Gasteiger partial charge in [0.2, 0.25) is 0 Å². The SMILES string of the molecule is CC1CCCC1n1c(=S)[nH]c2cc(F)ccc21. The molecule has 17 heavy (non-hydrogen) atoms. The maximum atomic E-state index is 13.2.